The topological polar surface area (TPSA) is 68.3 Å². The lowest BCUT2D eigenvalue weighted by Gasteiger charge is -2.17. The first-order valence-electron chi connectivity index (χ1n) is 10.9. The van der Waals surface area contributed by atoms with E-state index in [4.69, 9.17) is 0 Å². The minimum absolute atomic E-state index is 0.0566. The van der Waals surface area contributed by atoms with Crippen LogP contribution < -0.4 is 0 Å². The molecule has 164 valence electrons. The van der Waals surface area contributed by atoms with Crippen LogP contribution in [0.3, 0.4) is 0 Å². The lowest BCUT2D eigenvalue weighted by atomic mass is 9.83. The minimum Gasteiger partial charge on any atom is -0.289 e. The van der Waals surface area contributed by atoms with Crippen molar-refractivity contribution in [1.29, 1.82) is 0 Å². The lowest BCUT2D eigenvalue weighted by Crippen LogP contribution is -2.20. The number of carbonyl (C=O) groups is 4. The second-order valence-electron chi connectivity index (χ2n) is 8.51. The number of rotatable bonds is 0. The monoisotopic (exact) mass is 444 g/mol. The fourth-order valence-electron chi connectivity index (χ4n) is 4.43. The van der Waals surface area contributed by atoms with E-state index in [1.54, 1.807) is 72.8 Å². The zero-order valence-electron chi connectivity index (χ0n) is 18.7. The maximum atomic E-state index is 12.3. The first kappa shape index (κ1) is 21.4. The van der Waals surface area contributed by atoms with Gasteiger partial charge in [0.05, 0.1) is 0 Å². The summed E-state index contributed by atoms with van der Waals surface area (Å²) in [5, 5.41) is 0. The van der Waals surface area contributed by atoms with Gasteiger partial charge >= 0.3 is 0 Å². The van der Waals surface area contributed by atoms with E-state index in [1.807, 2.05) is 26.0 Å². The molecule has 0 aromatic heterocycles. The number of carbonyl (C=O) groups excluding carboxylic acids is 4. The molecule has 6 rings (SSSR count). The molecule has 0 atom stereocenters. The highest BCUT2D eigenvalue weighted by Gasteiger charge is 2.30. The summed E-state index contributed by atoms with van der Waals surface area (Å²) in [4.78, 5) is 48.9. The second-order valence-corrected chi connectivity index (χ2v) is 8.51. The Labute approximate surface area is 196 Å². The van der Waals surface area contributed by atoms with Gasteiger partial charge in [0, 0.05) is 44.5 Å². The molecule has 0 spiro atoms. The zero-order valence-corrected chi connectivity index (χ0v) is 18.7. The maximum Gasteiger partial charge on any atom is 0.194 e. The van der Waals surface area contributed by atoms with Gasteiger partial charge < -0.3 is 0 Å². The Morgan fingerprint density at radius 1 is 0.353 bits per heavy atom. The third kappa shape index (κ3) is 3.41. The molecular formula is C30H20O4. The SMILES string of the molecule is Cc1ccc2c(c1)C(=O)c1ccccc1C2=O.Cc1ccc2c(c1)C(=O)c1ccccc1C2=O. The fourth-order valence-corrected chi connectivity index (χ4v) is 4.43. The Bertz CT molecular complexity index is 1420. The van der Waals surface area contributed by atoms with Crippen LogP contribution in [0.15, 0.2) is 84.9 Å². The summed E-state index contributed by atoms with van der Waals surface area (Å²) in [6.07, 6.45) is 0. The number of hydrogen-bond donors (Lipinski definition) is 0. The molecule has 0 saturated carbocycles. The Morgan fingerprint density at radius 3 is 0.941 bits per heavy atom. The lowest BCUT2D eigenvalue weighted by molar-refractivity contribution is 0.0979. The van der Waals surface area contributed by atoms with Crippen molar-refractivity contribution in [2.24, 2.45) is 0 Å². The van der Waals surface area contributed by atoms with Gasteiger partial charge in [-0.1, -0.05) is 83.9 Å². The van der Waals surface area contributed by atoms with Crippen molar-refractivity contribution in [3.8, 4) is 0 Å². The van der Waals surface area contributed by atoms with Crippen molar-refractivity contribution in [3.63, 3.8) is 0 Å². The van der Waals surface area contributed by atoms with Gasteiger partial charge in [-0.15, -0.1) is 0 Å². The number of fused-ring (bicyclic) bond motifs is 4. The quantitative estimate of drug-likeness (QED) is 0.308. The van der Waals surface area contributed by atoms with Crippen molar-refractivity contribution in [3.05, 3.63) is 141 Å². The number of hydrogen-bond acceptors (Lipinski definition) is 4. The zero-order chi connectivity index (χ0) is 24.0. The molecule has 4 nitrogen and oxygen atoms in total. The van der Waals surface area contributed by atoms with Gasteiger partial charge in [0.15, 0.2) is 23.1 Å². The van der Waals surface area contributed by atoms with Gasteiger partial charge in [-0.25, -0.2) is 0 Å². The molecule has 4 heteroatoms. The second kappa shape index (κ2) is 8.16. The van der Waals surface area contributed by atoms with Crippen LogP contribution >= 0.6 is 0 Å². The van der Waals surface area contributed by atoms with E-state index in [0.29, 0.717) is 44.5 Å². The molecule has 0 fully saturated rings. The Morgan fingerprint density at radius 2 is 0.618 bits per heavy atom. The highest BCUT2D eigenvalue weighted by molar-refractivity contribution is 6.29. The summed E-state index contributed by atoms with van der Waals surface area (Å²) in [7, 11) is 0. The van der Waals surface area contributed by atoms with Crippen LogP contribution in [-0.2, 0) is 0 Å². The van der Waals surface area contributed by atoms with Gasteiger partial charge in [-0.05, 0) is 26.0 Å². The average Bonchev–Trinajstić information content (AvgIpc) is 2.86. The molecule has 4 aromatic carbocycles. The van der Waals surface area contributed by atoms with Crippen molar-refractivity contribution in [2.75, 3.05) is 0 Å². The number of aryl methyl sites for hydroxylation is 2. The predicted octanol–water partition coefficient (Wildman–Crippen LogP) is 5.54. The molecule has 0 N–H and O–H groups in total. The fraction of sp³-hybridized carbons (Fsp3) is 0.0667. The van der Waals surface area contributed by atoms with Crippen LogP contribution in [0.1, 0.15) is 74.8 Å². The van der Waals surface area contributed by atoms with Crippen molar-refractivity contribution in [2.45, 2.75) is 13.8 Å². The summed E-state index contributed by atoms with van der Waals surface area (Å²) in [6, 6.07) is 24.7. The van der Waals surface area contributed by atoms with Crippen LogP contribution in [-0.4, -0.2) is 23.1 Å². The van der Waals surface area contributed by atoms with Crippen LogP contribution in [0.2, 0.25) is 0 Å². The van der Waals surface area contributed by atoms with E-state index in [0.717, 1.165) is 11.1 Å². The van der Waals surface area contributed by atoms with E-state index in [1.165, 1.54) is 0 Å². The Hall–Kier alpha value is -4.44. The van der Waals surface area contributed by atoms with Crippen LogP contribution in [0, 0.1) is 13.8 Å². The van der Waals surface area contributed by atoms with Crippen molar-refractivity contribution in [1.82, 2.24) is 0 Å². The number of ketones is 4. The average molecular weight is 444 g/mol. The summed E-state index contributed by atoms with van der Waals surface area (Å²) >= 11 is 0. The molecule has 0 heterocycles. The molecule has 0 bridgehead atoms. The summed E-state index contributed by atoms with van der Waals surface area (Å²) in [6.45, 7) is 3.83. The number of benzene rings is 4. The minimum atomic E-state index is -0.0600. The highest BCUT2D eigenvalue weighted by atomic mass is 16.1. The Kier molecular flexibility index (Phi) is 5.14. The molecular weight excluding hydrogens is 424 g/mol. The van der Waals surface area contributed by atoms with Crippen LogP contribution in [0.25, 0.3) is 0 Å². The van der Waals surface area contributed by atoms with Gasteiger partial charge in [0.25, 0.3) is 0 Å². The first-order chi connectivity index (χ1) is 16.4. The van der Waals surface area contributed by atoms with Gasteiger partial charge in [0.2, 0.25) is 0 Å². The van der Waals surface area contributed by atoms with E-state index in [2.05, 4.69) is 0 Å². The Balaban J connectivity index is 0.000000142. The molecule has 2 aliphatic carbocycles. The van der Waals surface area contributed by atoms with Gasteiger partial charge in [-0.3, -0.25) is 19.2 Å². The molecule has 0 amide bonds. The maximum absolute atomic E-state index is 12.3. The largest absolute Gasteiger partial charge is 0.289 e. The van der Waals surface area contributed by atoms with E-state index >= 15 is 0 Å². The molecule has 0 unspecified atom stereocenters. The van der Waals surface area contributed by atoms with E-state index in [-0.39, 0.29) is 23.1 Å². The van der Waals surface area contributed by atoms with Crippen molar-refractivity contribution < 1.29 is 19.2 Å². The molecule has 34 heavy (non-hydrogen) atoms. The van der Waals surface area contributed by atoms with Crippen LogP contribution in [0.4, 0.5) is 0 Å². The summed E-state index contributed by atoms with van der Waals surface area (Å²) in [5.41, 5.74) is 6.09. The summed E-state index contributed by atoms with van der Waals surface area (Å²) < 4.78 is 0. The molecule has 0 saturated heterocycles. The van der Waals surface area contributed by atoms with Gasteiger partial charge in [-0.2, -0.15) is 0 Å². The predicted molar refractivity (Wildman–Crippen MR) is 129 cm³/mol. The highest BCUT2D eigenvalue weighted by Crippen LogP contribution is 2.28. The smallest absolute Gasteiger partial charge is 0.194 e. The third-order valence-corrected chi connectivity index (χ3v) is 6.16. The first-order valence-corrected chi connectivity index (χ1v) is 10.9. The molecule has 0 radical (unpaired) electrons. The van der Waals surface area contributed by atoms with E-state index < -0.39 is 0 Å². The summed E-state index contributed by atoms with van der Waals surface area (Å²) in [5.74, 6) is -0.233. The molecule has 0 aliphatic heterocycles. The third-order valence-electron chi connectivity index (χ3n) is 6.16. The van der Waals surface area contributed by atoms with Crippen LogP contribution in [0.5, 0.6) is 0 Å². The molecule has 2 aliphatic rings. The normalized spacial score (nSPS) is 13.2. The molecule has 4 aromatic rings. The van der Waals surface area contributed by atoms with Crippen molar-refractivity contribution >= 4 is 23.1 Å². The van der Waals surface area contributed by atoms with E-state index in [9.17, 15) is 19.2 Å². The van der Waals surface area contributed by atoms with Gasteiger partial charge in [0.1, 0.15) is 0 Å². The standard InChI is InChI=1S/2C15H10O2/c2*1-9-6-7-12-13(8-9)15(17)11-5-3-2-4-10(11)14(12)16/h2*2-8H,1H3.